The SMILES string of the molecule is CSc1ccc(N(C)CC(=O)Nc2c(C)cc(C)cc2C)nn1. The van der Waals surface area contributed by atoms with E-state index in [0.29, 0.717) is 5.82 Å². The van der Waals surface area contributed by atoms with Crippen LogP contribution in [0.4, 0.5) is 11.5 Å². The van der Waals surface area contributed by atoms with Gasteiger partial charge in [0.15, 0.2) is 5.82 Å². The zero-order chi connectivity index (χ0) is 17.0. The van der Waals surface area contributed by atoms with Gasteiger partial charge < -0.3 is 10.2 Å². The monoisotopic (exact) mass is 330 g/mol. The maximum atomic E-state index is 12.3. The van der Waals surface area contributed by atoms with Crippen LogP contribution in [0, 0.1) is 20.8 Å². The number of carbonyl (C=O) groups excluding carboxylic acids is 1. The summed E-state index contributed by atoms with van der Waals surface area (Å²) < 4.78 is 0. The molecule has 0 saturated heterocycles. The van der Waals surface area contributed by atoms with Crippen molar-refractivity contribution >= 4 is 29.2 Å². The fourth-order valence-corrected chi connectivity index (χ4v) is 2.80. The van der Waals surface area contributed by atoms with Crippen molar-refractivity contribution in [3.05, 3.63) is 41.0 Å². The molecule has 0 spiro atoms. The van der Waals surface area contributed by atoms with Gasteiger partial charge in [-0.05, 0) is 50.3 Å². The smallest absolute Gasteiger partial charge is 0.243 e. The highest BCUT2D eigenvalue weighted by Gasteiger charge is 2.12. The molecule has 0 unspecified atom stereocenters. The Labute approximate surface area is 141 Å². The summed E-state index contributed by atoms with van der Waals surface area (Å²) in [4.78, 5) is 14.1. The second-order valence-electron chi connectivity index (χ2n) is 5.61. The Kier molecular flexibility index (Phi) is 5.60. The fraction of sp³-hybridized carbons (Fsp3) is 0.353. The predicted octanol–water partition coefficient (Wildman–Crippen LogP) is 3.20. The number of nitrogens with one attached hydrogen (secondary N) is 1. The molecule has 0 atom stereocenters. The van der Waals surface area contributed by atoms with Crippen LogP contribution in [0.3, 0.4) is 0 Å². The van der Waals surface area contributed by atoms with Gasteiger partial charge in [0.2, 0.25) is 5.91 Å². The Hall–Kier alpha value is -2.08. The average Bonchev–Trinajstić information content (AvgIpc) is 2.51. The van der Waals surface area contributed by atoms with Crippen molar-refractivity contribution in [2.45, 2.75) is 25.8 Å². The van der Waals surface area contributed by atoms with Crippen molar-refractivity contribution < 1.29 is 4.79 Å². The van der Waals surface area contributed by atoms with Crippen molar-refractivity contribution in [1.29, 1.82) is 0 Å². The largest absolute Gasteiger partial charge is 0.349 e. The van der Waals surface area contributed by atoms with E-state index in [9.17, 15) is 4.79 Å². The van der Waals surface area contributed by atoms with Crippen LogP contribution in [0.5, 0.6) is 0 Å². The van der Waals surface area contributed by atoms with E-state index in [2.05, 4.69) is 34.6 Å². The maximum Gasteiger partial charge on any atom is 0.243 e. The van der Waals surface area contributed by atoms with Crippen LogP contribution in [0.25, 0.3) is 0 Å². The molecular formula is C17H22N4OS. The van der Waals surface area contributed by atoms with Crippen LogP contribution in [-0.4, -0.2) is 36.0 Å². The van der Waals surface area contributed by atoms with Gasteiger partial charge in [-0.2, -0.15) is 0 Å². The lowest BCUT2D eigenvalue weighted by Gasteiger charge is -2.18. The molecule has 1 N–H and O–H groups in total. The maximum absolute atomic E-state index is 12.3. The lowest BCUT2D eigenvalue weighted by atomic mass is 10.1. The standard InChI is InChI=1S/C17H22N4OS/c1-11-8-12(2)17(13(3)9-11)18-15(22)10-21(4)14-6-7-16(23-5)20-19-14/h6-9H,10H2,1-5H3,(H,18,22). The summed E-state index contributed by atoms with van der Waals surface area (Å²) in [6, 6.07) is 7.90. The Morgan fingerprint density at radius 1 is 1.17 bits per heavy atom. The zero-order valence-electron chi connectivity index (χ0n) is 14.2. The third-order valence-electron chi connectivity index (χ3n) is 3.55. The summed E-state index contributed by atoms with van der Waals surface area (Å²) in [5, 5.41) is 12.1. The number of thioether (sulfide) groups is 1. The quantitative estimate of drug-likeness (QED) is 0.853. The van der Waals surface area contributed by atoms with Gasteiger partial charge in [0.1, 0.15) is 5.03 Å². The molecular weight excluding hydrogens is 308 g/mol. The highest BCUT2D eigenvalue weighted by molar-refractivity contribution is 7.98. The van der Waals surface area contributed by atoms with Crippen molar-refractivity contribution in [2.24, 2.45) is 0 Å². The number of anilines is 2. The summed E-state index contributed by atoms with van der Waals surface area (Å²) in [7, 11) is 1.83. The molecule has 1 aromatic carbocycles. The molecule has 0 aliphatic rings. The van der Waals surface area contributed by atoms with Crippen molar-refractivity contribution in [2.75, 3.05) is 30.1 Å². The van der Waals surface area contributed by atoms with Gasteiger partial charge in [-0.15, -0.1) is 22.0 Å². The predicted molar refractivity (Wildman–Crippen MR) is 96.4 cm³/mol. The highest BCUT2D eigenvalue weighted by Crippen LogP contribution is 2.22. The summed E-state index contributed by atoms with van der Waals surface area (Å²) in [6.45, 7) is 6.29. The number of likely N-dealkylation sites (N-methyl/N-ethyl adjacent to an activating group) is 1. The molecule has 6 heteroatoms. The Morgan fingerprint density at radius 2 is 1.83 bits per heavy atom. The van der Waals surface area contributed by atoms with Crippen LogP contribution in [-0.2, 0) is 4.79 Å². The molecule has 0 bridgehead atoms. The number of nitrogens with zero attached hydrogens (tertiary/aromatic N) is 3. The van der Waals surface area contributed by atoms with Crippen LogP contribution in [0.2, 0.25) is 0 Å². The van der Waals surface area contributed by atoms with E-state index >= 15 is 0 Å². The normalized spacial score (nSPS) is 10.5. The highest BCUT2D eigenvalue weighted by atomic mass is 32.2. The molecule has 1 amide bonds. The van der Waals surface area contributed by atoms with Crippen LogP contribution >= 0.6 is 11.8 Å². The summed E-state index contributed by atoms with van der Waals surface area (Å²) in [6.07, 6.45) is 1.95. The van der Waals surface area contributed by atoms with Crippen LogP contribution in [0.1, 0.15) is 16.7 Å². The first-order valence-electron chi connectivity index (χ1n) is 7.37. The summed E-state index contributed by atoms with van der Waals surface area (Å²) >= 11 is 1.54. The minimum absolute atomic E-state index is 0.0710. The number of benzene rings is 1. The van der Waals surface area contributed by atoms with E-state index in [-0.39, 0.29) is 12.5 Å². The number of aromatic nitrogens is 2. The molecule has 0 aliphatic carbocycles. The lowest BCUT2D eigenvalue weighted by Crippen LogP contribution is -2.31. The topological polar surface area (TPSA) is 58.1 Å². The van der Waals surface area contributed by atoms with Gasteiger partial charge in [-0.3, -0.25) is 4.79 Å². The molecule has 5 nitrogen and oxygen atoms in total. The third kappa shape index (κ3) is 4.45. The number of amides is 1. The molecule has 122 valence electrons. The van der Waals surface area contributed by atoms with E-state index in [0.717, 1.165) is 21.8 Å². The molecule has 0 fully saturated rings. The van der Waals surface area contributed by atoms with Gasteiger partial charge in [-0.25, -0.2) is 0 Å². The van der Waals surface area contributed by atoms with Gasteiger partial charge in [0.05, 0.1) is 6.54 Å². The molecule has 2 rings (SSSR count). The van der Waals surface area contributed by atoms with Gasteiger partial charge >= 0.3 is 0 Å². The first-order valence-corrected chi connectivity index (χ1v) is 8.59. The van der Waals surface area contributed by atoms with Crippen LogP contribution in [0.15, 0.2) is 29.3 Å². The number of aryl methyl sites for hydroxylation is 3. The minimum atomic E-state index is -0.0710. The second-order valence-corrected chi connectivity index (χ2v) is 6.44. The van der Waals surface area contributed by atoms with E-state index in [4.69, 9.17) is 0 Å². The first-order chi connectivity index (χ1) is 10.9. The first kappa shape index (κ1) is 17.3. The van der Waals surface area contributed by atoms with E-state index in [1.54, 1.807) is 4.90 Å². The fourth-order valence-electron chi connectivity index (χ4n) is 2.48. The number of rotatable bonds is 5. The molecule has 0 radical (unpaired) electrons. The summed E-state index contributed by atoms with van der Waals surface area (Å²) in [5.74, 6) is 0.605. The van der Waals surface area contributed by atoms with E-state index in [1.807, 2.05) is 39.3 Å². The lowest BCUT2D eigenvalue weighted by molar-refractivity contribution is -0.114. The number of hydrogen-bond donors (Lipinski definition) is 1. The molecule has 23 heavy (non-hydrogen) atoms. The van der Waals surface area contributed by atoms with Gasteiger partial charge in [0.25, 0.3) is 0 Å². The van der Waals surface area contributed by atoms with E-state index in [1.165, 1.54) is 17.3 Å². The third-order valence-corrected chi connectivity index (χ3v) is 4.18. The second kappa shape index (κ2) is 7.46. The zero-order valence-corrected chi connectivity index (χ0v) is 15.0. The van der Waals surface area contributed by atoms with Crippen molar-refractivity contribution in [1.82, 2.24) is 10.2 Å². The van der Waals surface area contributed by atoms with Gasteiger partial charge in [0, 0.05) is 12.7 Å². The van der Waals surface area contributed by atoms with Crippen molar-refractivity contribution in [3.8, 4) is 0 Å². The molecule has 1 aromatic heterocycles. The Bertz CT molecular complexity index is 677. The molecule has 0 saturated carbocycles. The van der Waals surface area contributed by atoms with Crippen molar-refractivity contribution in [3.63, 3.8) is 0 Å². The molecule has 0 aliphatic heterocycles. The number of carbonyl (C=O) groups is 1. The minimum Gasteiger partial charge on any atom is -0.349 e. The van der Waals surface area contributed by atoms with E-state index < -0.39 is 0 Å². The van der Waals surface area contributed by atoms with Crippen LogP contribution < -0.4 is 10.2 Å². The Balaban J connectivity index is 2.04. The molecule has 1 heterocycles. The summed E-state index contributed by atoms with van der Waals surface area (Å²) in [5.41, 5.74) is 4.22. The Morgan fingerprint density at radius 3 is 2.35 bits per heavy atom. The molecule has 2 aromatic rings. The number of hydrogen-bond acceptors (Lipinski definition) is 5. The average molecular weight is 330 g/mol. The van der Waals surface area contributed by atoms with Gasteiger partial charge in [-0.1, -0.05) is 17.7 Å².